The molecule has 47 valence electrons. The number of hydrogen-bond donors (Lipinski definition) is 1. The van der Waals surface area contributed by atoms with Crippen molar-refractivity contribution in [2.45, 2.75) is 19.8 Å². The lowest BCUT2D eigenvalue weighted by Gasteiger charge is -2.00. The smallest absolute Gasteiger partial charge is 0.303 e. The summed E-state index contributed by atoms with van der Waals surface area (Å²) in [5.74, 6) is -0.520. The molecule has 1 N–H and O–H groups in total. The Labute approximate surface area is 49.5 Å². The first-order valence-corrected chi connectivity index (χ1v) is 2.68. The minimum absolute atomic E-state index is 0.215. The fourth-order valence-corrected chi connectivity index (χ4v) is 0.400. The fraction of sp³-hybridized carbons (Fsp3) is 0.667. The molecule has 0 aromatic carbocycles. The van der Waals surface area contributed by atoms with E-state index in [1.807, 2.05) is 6.92 Å². The molecule has 1 radical (unpaired) electrons. The molecule has 2 nitrogen and oxygen atoms in total. The second-order valence-electron chi connectivity index (χ2n) is 1.99. The zero-order chi connectivity index (χ0) is 6.57. The first-order valence-electron chi connectivity index (χ1n) is 2.68. The molecule has 0 aromatic heterocycles. The summed E-state index contributed by atoms with van der Waals surface area (Å²) in [5.41, 5.74) is 0. The number of aliphatic carboxylic acids is 1. The highest BCUT2D eigenvalue weighted by Gasteiger charge is 2.02. The Kier molecular flexibility index (Phi) is 3.24. The Morgan fingerprint density at radius 2 is 2.38 bits per heavy atom. The van der Waals surface area contributed by atoms with Gasteiger partial charge < -0.3 is 5.11 Å². The average molecular weight is 115 g/mol. The maximum absolute atomic E-state index is 9.94. The molecule has 8 heavy (non-hydrogen) atoms. The van der Waals surface area contributed by atoms with Crippen molar-refractivity contribution in [1.82, 2.24) is 0 Å². The number of rotatable bonds is 3. The summed E-state index contributed by atoms with van der Waals surface area (Å²) in [4.78, 5) is 9.94. The van der Waals surface area contributed by atoms with Crippen LogP contribution in [0.4, 0.5) is 0 Å². The molecular weight excluding hydrogens is 104 g/mol. The van der Waals surface area contributed by atoms with Crippen LogP contribution in [0.15, 0.2) is 0 Å². The highest BCUT2D eigenvalue weighted by molar-refractivity contribution is 5.66. The predicted molar refractivity (Wildman–Crippen MR) is 31.4 cm³/mol. The van der Waals surface area contributed by atoms with Gasteiger partial charge >= 0.3 is 5.97 Å². The average Bonchev–Trinajstić information content (AvgIpc) is 1.65. The van der Waals surface area contributed by atoms with Crippen molar-refractivity contribution < 1.29 is 9.90 Å². The summed E-state index contributed by atoms with van der Waals surface area (Å²) in [7, 11) is 0. The van der Waals surface area contributed by atoms with Gasteiger partial charge in [-0.05, 0) is 5.92 Å². The van der Waals surface area contributed by atoms with Gasteiger partial charge in [0.1, 0.15) is 0 Å². The Balaban J connectivity index is 3.24. The lowest BCUT2D eigenvalue weighted by Crippen LogP contribution is -2.02. The normalized spacial score (nSPS) is 13.2. The van der Waals surface area contributed by atoms with Crippen LogP contribution in [0.5, 0.6) is 0 Å². The monoisotopic (exact) mass is 115 g/mol. The van der Waals surface area contributed by atoms with E-state index >= 15 is 0 Å². The predicted octanol–water partition coefficient (Wildman–Crippen LogP) is 1.32. The number of hydrogen-bond acceptors (Lipinski definition) is 1. The Morgan fingerprint density at radius 3 is 2.50 bits per heavy atom. The van der Waals surface area contributed by atoms with Gasteiger partial charge in [0, 0.05) is 6.42 Å². The molecule has 1 atom stereocenters. The third-order valence-corrected chi connectivity index (χ3v) is 1.02. The molecule has 0 aliphatic heterocycles. The quantitative estimate of drug-likeness (QED) is 0.602. The van der Waals surface area contributed by atoms with Crippen LogP contribution in [-0.2, 0) is 4.79 Å². The molecule has 1 unspecified atom stereocenters. The maximum Gasteiger partial charge on any atom is 0.303 e. The van der Waals surface area contributed by atoms with Gasteiger partial charge in [-0.15, -0.1) is 0 Å². The minimum Gasteiger partial charge on any atom is -0.481 e. The van der Waals surface area contributed by atoms with Gasteiger partial charge in [-0.1, -0.05) is 20.3 Å². The van der Waals surface area contributed by atoms with Crippen LogP contribution >= 0.6 is 0 Å². The van der Waals surface area contributed by atoms with Gasteiger partial charge in [-0.2, -0.15) is 0 Å². The van der Waals surface area contributed by atoms with Gasteiger partial charge in [0.05, 0.1) is 0 Å². The molecule has 0 amide bonds. The molecule has 0 saturated heterocycles. The largest absolute Gasteiger partial charge is 0.481 e. The molecule has 0 bridgehead atoms. The summed E-state index contributed by atoms with van der Waals surface area (Å²) < 4.78 is 0. The second kappa shape index (κ2) is 3.47. The standard InChI is InChI=1S/C6H11O2/c1-3-5(2)4-6(7)8/h5H,1,3-4H2,2H3,(H,7,8). The van der Waals surface area contributed by atoms with E-state index in [-0.39, 0.29) is 12.3 Å². The summed E-state index contributed by atoms with van der Waals surface area (Å²) in [6.45, 7) is 5.45. The first kappa shape index (κ1) is 7.47. The van der Waals surface area contributed by atoms with Gasteiger partial charge in [0.15, 0.2) is 0 Å². The summed E-state index contributed by atoms with van der Waals surface area (Å²) in [5, 5.41) is 8.19. The van der Waals surface area contributed by atoms with Crippen molar-refractivity contribution in [2.24, 2.45) is 5.92 Å². The molecule has 0 saturated carbocycles. The van der Waals surface area contributed by atoms with Crippen molar-refractivity contribution in [2.75, 3.05) is 0 Å². The lowest BCUT2D eigenvalue weighted by atomic mass is 10.1. The summed E-state index contributed by atoms with van der Waals surface area (Å²) in [6, 6.07) is 0. The van der Waals surface area contributed by atoms with Crippen molar-refractivity contribution in [3.63, 3.8) is 0 Å². The van der Waals surface area contributed by atoms with Gasteiger partial charge in [-0.25, -0.2) is 0 Å². The molecule has 0 aliphatic rings. The molecule has 0 aliphatic carbocycles. The third kappa shape index (κ3) is 3.65. The van der Waals surface area contributed by atoms with Crippen LogP contribution in [0.3, 0.4) is 0 Å². The molecule has 0 aromatic rings. The van der Waals surface area contributed by atoms with E-state index in [0.717, 1.165) is 0 Å². The Bertz CT molecular complexity index is 78.6. The van der Waals surface area contributed by atoms with Crippen LogP contribution in [0, 0.1) is 12.8 Å². The van der Waals surface area contributed by atoms with Crippen LogP contribution in [0.1, 0.15) is 19.8 Å². The molecule has 0 heterocycles. The summed E-state index contributed by atoms with van der Waals surface area (Å²) >= 11 is 0. The third-order valence-electron chi connectivity index (χ3n) is 1.02. The van der Waals surface area contributed by atoms with Gasteiger partial charge in [0.2, 0.25) is 0 Å². The van der Waals surface area contributed by atoms with E-state index in [1.165, 1.54) is 0 Å². The molecule has 2 heteroatoms. The summed E-state index contributed by atoms with van der Waals surface area (Å²) in [6.07, 6.45) is 0.940. The Hall–Kier alpha value is -0.530. The number of carboxylic acid groups (broad SMARTS) is 1. The fourth-order valence-electron chi connectivity index (χ4n) is 0.400. The zero-order valence-electron chi connectivity index (χ0n) is 5.05. The zero-order valence-corrected chi connectivity index (χ0v) is 5.05. The van der Waals surface area contributed by atoms with Crippen LogP contribution < -0.4 is 0 Å². The van der Waals surface area contributed by atoms with Crippen molar-refractivity contribution in [3.8, 4) is 0 Å². The van der Waals surface area contributed by atoms with E-state index in [0.29, 0.717) is 6.42 Å². The maximum atomic E-state index is 9.94. The highest BCUT2D eigenvalue weighted by Crippen LogP contribution is 2.04. The van der Waals surface area contributed by atoms with Crippen LogP contribution in [-0.4, -0.2) is 11.1 Å². The van der Waals surface area contributed by atoms with E-state index in [4.69, 9.17) is 5.11 Å². The van der Waals surface area contributed by atoms with E-state index in [1.54, 1.807) is 0 Å². The number of carbonyl (C=O) groups is 1. The van der Waals surface area contributed by atoms with E-state index in [9.17, 15) is 4.79 Å². The van der Waals surface area contributed by atoms with Crippen molar-refractivity contribution in [3.05, 3.63) is 6.92 Å². The van der Waals surface area contributed by atoms with E-state index < -0.39 is 5.97 Å². The SMILES string of the molecule is [CH2]CC(C)CC(=O)O. The minimum atomic E-state index is -0.735. The Morgan fingerprint density at radius 1 is 1.88 bits per heavy atom. The van der Waals surface area contributed by atoms with Crippen molar-refractivity contribution in [1.29, 1.82) is 0 Å². The van der Waals surface area contributed by atoms with E-state index in [2.05, 4.69) is 6.92 Å². The highest BCUT2D eigenvalue weighted by atomic mass is 16.4. The van der Waals surface area contributed by atoms with Gasteiger partial charge in [0.25, 0.3) is 0 Å². The molecule has 0 fully saturated rings. The number of carboxylic acids is 1. The molecule has 0 spiro atoms. The molecule has 0 rings (SSSR count). The first-order chi connectivity index (χ1) is 3.66. The molecular formula is C6H11O2. The van der Waals surface area contributed by atoms with Gasteiger partial charge in [-0.3, -0.25) is 4.79 Å². The topological polar surface area (TPSA) is 37.3 Å². The van der Waals surface area contributed by atoms with Crippen LogP contribution in [0.2, 0.25) is 0 Å². The lowest BCUT2D eigenvalue weighted by molar-refractivity contribution is -0.137. The van der Waals surface area contributed by atoms with Crippen LogP contribution in [0.25, 0.3) is 0 Å². The van der Waals surface area contributed by atoms with Crippen molar-refractivity contribution >= 4 is 5.97 Å². The second-order valence-corrected chi connectivity index (χ2v) is 1.99.